The number of benzene rings is 1. The van der Waals surface area contributed by atoms with E-state index in [0.717, 1.165) is 30.2 Å². The van der Waals surface area contributed by atoms with Gasteiger partial charge in [0, 0.05) is 17.2 Å². The van der Waals surface area contributed by atoms with Crippen LogP contribution in [-0.2, 0) is 6.54 Å². The topological polar surface area (TPSA) is 53.1 Å². The minimum Gasteiger partial charge on any atom is -0.493 e. The van der Waals surface area contributed by atoms with E-state index in [-0.39, 0.29) is 6.04 Å². The Bertz CT molecular complexity index is 583. The molecule has 114 valence electrons. The highest BCUT2D eigenvalue weighted by atomic mass is 32.2. The first-order chi connectivity index (χ1) is 10.2. The van der Waals surface area contributed by atoms with Crippen LogP contribution in [0.4, 0.5) is 0 Å². The number of hydrogen-bond donors (Lipinski definition) is 1. The number of nitrogens with two attached hydrogens (primary N) is 1. The van der Waals surface area contributed by atoms with Gasteiger partial charge in [-0.05, 0) is 25.5 Å². The van der Waals surface area contributed by atoms with Crippen molar-refractivity contribution in [2.45, 2.75) is 37.8 Å². The van der Waals surface area contributed by atoms with E-state index < -0.39 is 0 Å². The van der Waals surface area contributed by atoms with E-state index in [4.69, 9.17) is 10.5 Å². The maximum Gasteiger partial charge on any atom is 0.161 e. The number of methoxy groups -OCH3 is 1. The van der Waals surface area contributed by atoms with Gasteiger partial charge in [0.1, 0.15) is 0 Å². The molecule has 2 aromatic rings. The first-order valence-electron chi connectivity index (χ1n) is 7.20. The van der Waals surface area contributed by atoms with Crippen LogP contribution in [0.5, 0.6) is 5.75 Å². The lowest BCUT2D eigenvalue weighted by Crippen LogP contribution is -2.19. The van der Waals surface area contributed by atoms with Crippen LogP contribution in [0.2, 0.25) is 0 Å². The van der Waals surface area contributed by atoms with Gasteiger partial charge in [-0.25, -0.2) is 0 Å². The zero-order chi connectivity index (χ0) is 15.2. The summed E-state index contributed by atoms with van der Waals surface area (Å²) in [5.74, 6) is 1.58. The number of ether oxygens (including phenoxy) is 1. The molecule has 1 heterocycles. The second-order valence-corrected chi connectivity index (χ2v) is 6.15. The predicted molar refractivity (Wildman–Crippen MR) is 87.9 cm³/mol. The van der Waals surface area contributed by atoms with Crippen molar-refractivity contribution in [3.05, 3.63) is 41.7 Å². The Hall–Kier alpha value is -1.46. The second-order valence-electron chi connectivity index (χ2n) is 5.06. The van der Waals surface area contributed by atoms with Crippen molar-refractivity contribution in [1.82, 2.24) is 9.78 Å². The zero-order valence-corrected chi connectivity index (χ0v) is 13.7. The number of aryl methyl sites for hydroxylation is 2. The molecule has 0 saturated heterocycles. The molecule has 5 heteroatoms. The number of rotatable bonds is 7. The van der Waals surface area contributed by atoms with Crippen LogP contribution >= 0.6 is 11.8 Å². The third-order valence-corrected chi connectivity index (χ3v) is 4.38. The maximum atomic E-state index is 6.37. The lowest BCUT2D eigenvalue weighted by molar-refractivity contribution is 0.403. The fourth-order valence-electron chi connectivity index (χ4n) is 2.27. The summed E-state index contributed by atoms with van der Waals surface area (Å²) >= 11 is 1.77. The fourth-order valence-corrected chi connectivity index (χ4v) is 3.24. The molecule has 0 radical (unpaired) electrons. The monoisotopic (exact) mass is 305 g/mol. The van der Waals surface area contributed by atoms with Crippen molar-refractivity contribution in [1.29, 1.82) is 0 Å². The Morgan fingerprint density at radius 1 is 1.43 bits per heavy atom. The lowest BCUT2D eigenvalue weighted by atomic mass is 10.2. The van der Waals surface area contributed by atoms with Gasteiger partial charge >= 0.3 is 0 Å². The van der Waals surface area contributed by atoms with Gasteiger partial charge in [0.25, 0.3) is 0 Å². The molecule has 0 fully saturated rings. The Labute approximate surface area is 130 Å². The molecule has 0 bridgehead atoms. The fraction of sp³-hybridized carbons (Fsp3) is 0.438. The molecule has 0 saturated carbocycles. The lowest BCUT2D eigenvalue weighted by Gasteiger charge is -2.15. The summed E-state index contributed by atoms with van der Waals surface area (Å²) in [5.41, 5.74) is 8.62. The molecule has 4 nitrogen and oxygen atoms in total. The molecule has 2 rings (SSSR count). The molecule has 0 amide bonds. The highest BCUT2D eigenvalue weighted by Gasteiger charge is 2.18. The van der Waals surface area contributed by atoms with Gasteiger partial charge in [0.05, 0.1) is 25.0 Å². The van der Waals surface area contributed by atoms with Crippen molar-refractivity contribution >= 4 is 11.8 Å². The Morgan fingerprint density at radius 2 is 2.24 bits per heavy atom. The second kappa shape index (κ2) is 7.52. The third-order valence-electron chi connectivity index (χ3n) is 3.27. The molecule has 0 aliphatic heterocycles. The van der Waals surface area contributed by atoms with E-state index in [0.29, 0.717) is 0 Å². The van der Waals surface area contributed by atoms with Gasteiger partial charge in [-0.15, -0.1) is 11.8 Å². The molecule has 1 atom stereocenters. The van der Waals surface area contributed by atoms with E-state index in [9.17, 15) is 0 Å². The van der Waals surface area contributed by atoms with E-state index in [1.54, 1.807) is 25.1 Å². The van der Waals surface area contributed by atoms with Gasteiger partial charge in [-0.2, -0.15) is 5.10 Å². The molecule has 2 N–H and O–H groups in total. The average molecular weight is 305 g/mol. The van der Waals surface area contributed by atoms with Crippen LogP contribution in [0.15, 0.2) is 35.4 Å². The Morgan fingerprint density at radius 3 is 2.90 bits per heavy atom. The molecule has 0 spiro atoms. The van der Waals surface area contributed by atoms with Crippen molar-refractivity contribution in [3.63, 3.8) is 0 Å². The first-order valence-corrected chi connectivity index (χ1v) is 8.19. The first kappa shape index (κ1) is 15.9. The predicted octanol–water partition coefficient (Wildman–Crippen LogP) is 3.40. The third kappa shape index (κ3) is 4.02. The quantitative estimate of drug-likeness (QED) is 0.797. The van der Waals surface area contributed by atoms with E-state index in [1.165, 1.54) is 10.5 Å². The summed E-state index contributed by atoms with van der Waals surface area (Å²) in [5, 5.41) is 4.37. The molecule has 1 aromatic heterocycles. The van der Waals surface area contributed by atoms with Crippen LogP contribution in [0.1, 0.15) is 30.6 Å². The molecule has 1 aromatic carbocycles. The molecule has 21 heavy (non-hydrogen) atoms. The highest BCUT2D eigenvalue weighted by Crippen LogP contribution is 2.29. The summed E-state index contributed by atoms with van der Waals surface area (Å²) in [4.78, 5) is 1.24. The van der Waals surface area contributed by atoms with Crippen molar-refractivity contribution in [2.24, 2.45) is 5.73 Å². The minimum atomic E-state index is -0.0977. The van der Waals surface area contributed by atoms with Gasteiger partial charge in [0.2, 0.25) is 0 Å². The number of thioether (sulfide) groups is 1. The largest absolute Gasteiger partial charge is 0.493 e. The highest BCUT2D eigenvalue weighted by molar-refractivity contribution is 7.99. The van der Waals surface area contributed by atoms with Gasteiger partial charge in [-0.1, -0.05) is 24.6 Å². The van der Waals surface area contributed by atoms with Crippen molar-refractivity contribution < 1.29 is 4.74 Å². The number of hydrogen-bond acceptors (Lipinski definition) is 4. The van der Waals surface area contributed by atoms with Crippen LogP contribution in [0.25, 0.3) is 0 Å². The maximum absolute atomic E-state index is 6.37. The summed E-state index contributed by atoms with van der Waals surface area (Å²) < 4.78 is 7.35. The molecular formula is C16H23N3OS. The smallest absolute Gasteiger partial charge is 0.161 e. The van der Waals surface area contributed by atoms with E-state index in [2.05, 4.69) is 43.2 Å². The normalized spacial score (nSPS) is 12.4. The number of aromatic nitrogens is 2. The van der Waals surface area contributed by atoms with Crippen LogP contribution < -0.4 is 10.5 Å². The van der Waals surface area contributed by atoms with Crippen LogP contribution in [-0.4, -0.2) is 22.6 Å². The molecule has 1 unspecified atom stereocenters. The van der Waals surface area contributed by atoms with E-state index in [1.807, 2.05) is 4.68 Å². The molecule has 0 aliphatic rings. The van der Waals surface area contributed by atoms with Gasteiger partial charge in [0.15, 0.2) is 5.75 Å². The van der Waals surface area contributed by atoms with Crippen LogP contribution in [0.3, 0.4) is 0 Å². The van der Waals surface area contributed by atoms with Gasteiger partial charge in [-0.3, -0.25) is 4.68 Å². The van der Waals surface area contributed by atoms with Crippen LogP contribution in [0, 0.1) is 6.92 Å². The average Bonchev–Trinajstić information content (AvgIpc) is 2.88. The summed E-state index contributed by atoms with van der Waals surface area (Å²) in [7, 11) is 1.66. The zero-order valence-electron chi connectivity index (χ0n) is 12.9. The SMILES string of the molecule is CCCn1ncc(OC)c1C(N)CSc1cccc(C)c1. The standard InChI is InChI=1S/C16H23N3OS/c1-4-8-19-16(15(20-3)10-18-19)14(17)11-21-13-7-5-6-12(2)9-13/h5-7,9-10,14H,4,8,11,17H2,1-3H3. The summed E-state index contributed by atoms with van der Waals surface area (Å²) in [6.45, 7) is 5.09. The van der Waals surface area contributed by atoms with Crippen molar-refractivity contribution in [3.8, 4) is 5.75 Å². The Kier molecular flexibility index (Phi) is 5.70. The minimum absolute atomic E-state index is 0.0977. The van der Waals surface area contributed by atoms with E-state index >= 15 is 0 Å². The summed E-state index contributed by atoms with van der Waals surface area (Å²) in [6.07, 6.45) is 2.78. The molecular weight excluding hydrogens is 282 g/mol. The molecule has 0 aliphatic carbocycles. The van der Waals surface area contributed by atoms with Gasteiger partial charge < -0.3 is 10.5 Å². The summed E-state index contributed by atoms with van der Waals surface area (Å²) in [6, 6.07) is 8.37. The van der Waals surface area contributed by atoms with Crippen molar-refractivity contribution in [2.75, 3.05) is 12.9 Å². The number of nitrogens with zero attached hydrogens (tertiary/aromatic N) is 2. The Balaban J connectivity index is 2.09.